The van der Waals surface area contributed by atoms with Crippen LogP contribution in [0, 0.1) is 28.6 Å². The molecule has 4 aliphatic carbocycles. The number of hydrogen-bond acceptors (Lipinski definition) is 2. The van der Waals surface area contributed by atoms with Crippen LogP contribution in [0.5, 0.6) is 0 Å². The number of Topliss-reactive ketones (excluding diaryl/α,β-unsaturated/α-hetero) is 1. The Morgan fingerprint density at radius 1 is 1.05 bits per heavy atom. The maximum Gasteiger partial charge on any atom is 0.155 e. The van der Waals surface area contributed by atoms with Gasteiger partial charge in [0.1, 0.15) is 12.0 Å². The maximum atomic E-state index is 14.9. The van der Waals surface area contributed by atoms with Gasteiger partial charge in [-0.2, -0.15) is 0 Å². The molecule has 3 heteroatoms. The van der Waals surface area contributed by atoms with Gasteiger partial charge in [-0.15, -0.1) is 0 Å². The van der Waals surface area contributed by atoms with Gasteiger partial charge in [-0.3, -0.25) is 9.59 Å². The van der Waals surface area contributed by atoms with E-state index in [1.807, 2.05) is 0 Å². The molecule has 4 aliphatic rings. The third-order valence-corrected chi connectivity index (χ3v) is 7.65. The SMILES string of the molecule is C[C@]12CCC(=O)C=C1[C@H](F)CC1C2CC[C@]2(C)C(=O)CCC12. The highest BCUT2D eigenvalue weighted by Gasteiger charge is 2.60. The predicted octanol–water partition coefficient (Wildman–Crippen LogP) is 4.04. The van der Waals surface area contributed by atoms with Gasteiger partial charge in [0, 0.05) is 18.3 Å². The monoisotopic (exact) mass is 304 g/mol. The summed E-state index contributed by atoms with van der Waals surface area (Å²) in [5.41, 5.74) is 0.393. The van der Waals surface area contributed by atoms with Gasteiger partial charge in [0.2, 0.25) is 0 Å². The summed E-state index contributed by atoms with van der Waals surface area (Å²) in [5.74, 6) is 1.60. The fourth-order valence-electron chi connectivity index (χ4n) is 6.33. The zero-order chi connectivity index (χ0) is 15.7. The summed E-state index contributed by atoms with van der Waals surface area (Å²) in [6, 6.07) is 0. The first-order chi connectivity index (χ1) is 10.4. The van der Waals surface area contributed by atoms with Crippen molar-refractivity contribution in [3.05, 3.63) is 11.6 Å². The van der Waals surface area contributed by atoms with Crippen molar-refractivity contribution in [3.63, 3.8) is 0 Å². The lowest BCUT2D eigenvalue weighted by molar-refractivity contribution is -0.133. The van der Waals surface area contributed by atoms with Crippen molar-refractivity contribution in [2.75, 3.05) is 0 Å². The van der Waals surface area contributed by atoms with Crippen molar-refractivity contribution in [3.8, 4) is 0 Å². The number of alkyl halides is 1. The number of carbonyl (C=O) groups excluding carboxylic acids is 2. The molecule has 0 saturated heterocycles. The molecular formula is C19H25FO2. The van der Waals surface area contributed by atoms with Crippen LogP contribution in [0.1, 0.15) is 58.8 Å². The molecular weight excluding hydrogens is 279 g/mol. The molecule has 0 spiro atoms. The van der Waals surface area contributed by atoms with Crippen LogP contribution < -0.4 is 0 Å². The molecule has 0 N–H and O–H groups in total. The normalized spacial score (nSPS) is 51.0. The van der Waals surface area contributed by atoms with Gasteiger partial charge < -0.3 is 0 Å². The van der Waals surface area contributed by atoms with Gasteiger partial charge in [0.25, 0.3) is 0 Å². The third-order valence-electron chi connectivity index (χ3n) is 7.65. The Balaban J connectivity index is 1.74. The van der Waals surface area contributed by atoms with Crippen molar-refractivity contribution >= 4 is 11.6 Å². The number of rotatable bonds is 0. The molecule has 0 aliphatic heterocycles. The van der Waals surface area contributed by atoms with E-state index in [1.54, 1.807) is 6.08 Å². The first-order valence-corrected chi connectivity index (χ1v) is 8.78. The van der Waals surface area contributed by atoms with E-state index in [4.69, 9.17) is 0 Å². The van der Waals surface area contributed by atoms with Gasteiger partial charge in [-0.25, -0.2) is 4.39 Å². The lowest BCUT2D eigenvalue weighted by Gasteiger charge is -2.57. The van der Waals surface area contributed by atoms with Crippen molar-refractivity contribution in [2.24, 2.45) is 28.6 Å². The smallest absolute Gasteiger partial charge is 0.155 e. The lowest BCUT2D eigenvalue weighted by Crippen LogP contribution is -2.53. The van der Waals surface area contributed by atoms with Gasteiger partial charge in [-0.1, -0.05) is 13.8 Å². The summed E-state index contributed by atoms with van der Waals surface area (Å²) >= 11 is 0. The van der Waals surface area contributed by atoms with Gasteiger partial charge in [0.05, 0.1) is 0 Å². The van der Waals surface area contributed by atoms with Crippen LogP contribution in [0.25, 0.3) is 0 Å². The van der Waals surface area contributed by atoms with Crippen molar-refractivity contribution in [1.29, 1.82) is 0 Å². The van der Waals surface area contributed by atoms with Gasteiger partial charge in [0.15, 0.2) is 5.78 Å². The second-order valence-corrected chi connectivity index (χ2v) is 8.48. The summed E-state index contributed by atoms with van der Waals surface area (Å²) in [7, 11) is 0. The molecule has 3 fully saturated rings. The van der Waals surface area contributed by atoms with Gasteiger partial charge >= 0.3 is 0 Å². The molecule has 0 amide bonds. The minimum absolute atomic E-state index is 0.0882. The molecule has 0 radical (unpaired) electrons. The highest BCUT2D eigenvalue weighted by atomic mass is 19.1. The average Bonchev–Trinajstić information content (AvgIpc) is 2.77. The Hall–Kier alpha value is -0.990. The van der Waals surface area contributed by atoms with E-state index in [9.17, 15) is 14.0 Å². The second kappa shape index (κ2) is 4.52. The molecule has 0 bridgehead atoms. The Labute approximate surface area is 131 Å². The van der Waals surface area contributed by atoms with Crippen LogP contribution in [0.15, 0.2) is 11.6 Å². The predicted molar refractivity (Wildman–Crippen MR) is 82.0 cm³/mol. The topological polar surface area (TPSA) is 34.1 Å². The number of hydrogen-bond donors (Lipinski definition) is 0. The Morgan fingerprint density at radius 3 is 2.55 bits per heavy atom. The molecule has 2 nitrogen and oxygen atoms in total. The third kappa shape index (κ3) is 1.71. The highest BCUT2D eigenvalue weighted by Crippen LogP contribution is 2.64. The Kier molecular flexibility index (Phi) is 3.00. The molecule has 4 rings (SSSR count). The van der Waals surface area contributed by atoms with Crippen LogP contribution in [0.2, 0.25) is 0 Å². The summed E-state index contributed by atoms with van der Waals surface area (Å²) in [4.78, 5) is 24.1. The first kappa shape index (κ1) is 14.6. The summed E-state index contributed by atoms with van der Waals surface area (Å²) in [6.07, 6.45) is 6.06. The standard InChI is InChI=1S/C19H25FO2/c1-18-7-5-11(21)9-15(18)16(20)10-12-13-3-4-17(22)19(13,2)8-6-14(12)18/h9,12-14,16H,3-8,10H2,1-2H3/t12?,13?,14?,16-,18-,19+/m1/s1. The molecule has 0 aromatic rings. The zero-order valence-electron chi connectivity index (χ0n) is 13.5. The number of allylic oxidation sites excluding steroid dienone is 1. The molecule has 6 atom stereocenters. The van der Waals surface area contributed by atoms with Crippen molar-refractivity contribution in [1.82, 2.24) is 0 Å². The van der Waals surface area contributed by atoms with Crippen LogP contribution in [-0.2, 0) is 9.59 Å². The average molecular weight is 304 g/mol. The van der Waals surface area contributed by atoms with Crippen LogP contribution >= 0.6 is 0 Å². The fourth-order valence-corrected chi connectivity index (χ4v) is 6.33. The van der Waals surface area contributed by atoms with E-state index >= 15 is 0 Å². The molecule has 0 heterocycles. The summed E-state index contributed by atoms with van der Waals surface area (Å²) in [5, 5.41) is 0. The second-order valence-electron chi connectivity index (χ2n) is 8.48. The Morgan fingerprint density at radius 2 is 1.77 bits per heavy atom. The van der Waals surface area contributed by atoms with Gasteiger partial charge in [-0.05, 0) is 66.9 Å². The van der Waals surface area contributed by atoms with E-state index in [-0.39, 0.29) is 16.6 Å². The molecule has 0 aromatic heterocycles. The largest absolute Gasteiger partial charge is 0.299 e. The molecule has 3 saturated carbocycles. The molecule has 120 valence electrons. The fraction of sp³-hybridized carbons (Fsp3) is 0.789. The number of fused-ring (bicyclic) bond motifs is 5. The number of ketones is 2. The van der Waals surface area contributed by atoms with Crippen molar-refractivity contribution in [2.45, 2.75) is 65.0 Å². The van der Waals surface area contributed by atoms with E-state index in [0.29, 0.717) is 42.8 Å². The maximum absolute atomic E-state index is 14.9. The molecule has 3 unspecified atom stereocenters. The highest BCUT2D eigenvalue weighted by molar-refractivity contribution is 5.92. The first-order valence-electron chi connectivity index (χ1n) is 8.78. The van der Waals surface area contributed by atoms with E-state index in [2.05, 4.69) is 13.8 Å². The quantitative estimate of drug-likeness (QED) is 0.677. The van der Waals surface area contributed by atoms with Crippen molar-refractivity contribution < 1.29 is 14.0 Å². The van der Waals surface area contributed by atoms with E-state index in [1.165, 1.54) is 0 Å². The number of carbonyl (C=O) groups is 2. The lowest BCUT2D eigenvalue weighted by atomic mass is 9.47. The van der Waals surface area contributed by atoms with E-state index < -0.39 is 6.17 Å². The molecule has 0 aromatic carbocycles. The minimum Gasteiger partial charge on any atom is -0.299 e. The minimum atomic E-state index is -0.992. The van der Waals surface area contributed by atoms with E-state index in [0.717, 1.165) is 31.3 Å². The zero-order valence-corrected chi connectivity index (χ0v) is 13.5. The van der Waals surface area contributed by atoms with Crippen LogP contribution in [0.3, 0.4) is 0 Å². The Bertz CT molecular complexity index is 580. The summed E-state index contributed by atoms with van der Waals surface area (Å²) in [6.45, 7) is 4.29. The van der Waals surface area contributed by atoms with Crippen LogP contribution in [-0.4, -0.2) is 17.7 Å². The number of halogens is 1. The molecule has 22 heavy (non-hydrogen) atoms. The van der Waals surface area contributed by atoms with Crippen LogP contribution in [0.4, 0.5) is 4.39 Å². The summed E-state index contributed by atoms with van der Waals surface area (Å²) < 4.78 is 14.9.